The van der Waals surface area contributed by atoms with Gasteiger partial charge in [0.05, 0.1) is 0 Å². The predicted molar refractivity (Wildman–Crippen MR) is 85.8 cm³/mol. The second kappa shape index (κ2) is 6.14. The van der Waals surface area contributed by atoms with Gasteiger partial charge in [-0.05, 0) is 61.1 Å². The van der Waals surface area contributed by atoms with Crippen LogP contribution in [0.15, 0.2) is 22.7 Å². The minimum atomic E-state index is -0.0428. The summed E-state index contributed by atoms with van der Waals surface area (Å²) in [5, 5.41) is 3.07. The molecule has 1 saturated carbocycles. The number of carbonyl (C=O) groups excluding carboxylic acids is 1. The van der Waals surface area contributed by atoms with Gasteiger partial charge in [0, 0.05) is 27.8 Å². The van der Waals surface area contributed by atoms with Crippen LogP contribution in [0.25, 0.3) is 0 Å². The Morgan fingerprint density at radius 3 is 2.60 bits per heavy atom. The predicted octanol–water partition coefficient (Wildman–Crippen LogP) is 2.64. The first-order valence-corrected chi connectivity index (χ1v) is 7.75. The van der Waals surface area contributed by atoms with E-state index in [0.717, 1.165) is 17.3 Å². The van der Waals surface area contributed by atoms with E-state index in [1.54, 1.807) is 18.2 Å². The standard InChI is InChI=1S/C15H22BrN3O/c1-19(2)15(7-3-4-8-15)10-18-14(20)11-5-6-13(17)12(16)9-11/h5-6,9H,3-4,7-8,10,17H2,1-2H3,(H,18,20). The average molecular weight is 340 g/mol. The SMILES string of the molecule is CN(C)C1(CNC(=O)c2ccc(N)c(Br)c2)CCCC1. The molecular formula is C15H22BrN3O. The molecule has 2 rings (SSSR count). The van der Waals surface area contributed by atoms with Crippen molar-refractivity contribution in [3.8, 4) is 0 Å². The molecule has 0 bridgehead atoms. The summed E-state index contributed by atoms with van der Waals surface area (Å²) in [6, 6.07) is 5.27. The summed E-state index contributed by atoms with van der Waals surface area (Å²) in [5.41, 5.74) is 7.13. The highest BCUT2D eigenvalue weighted by Crippen LogP contribution is 2.33. The Morgan fingerprint density at radius 2 is 2.05 bits per heavy atom. The number of likely N-dealkylation sites (N-methyl/N-ethyl adjacent to an activating group) is 1. The van der Waals surface area contributed by atoms with Crippen molar-refractivity contribution in [3.63, 3.8) is 0 Å². The summed E-state index contributed by atoms with van der Waals surface area (Å²) in [6.45, 7) is 0.695. The van der Waals surface area contributed by atoms with Gasteiger partial charge in [-0.2, -0.15) is 0 Å². The third-order valence-electron chi connectivity index (χ3n) is 4.32. The summed E-state index contributed by atoms with van der Waals surface area (Å²) in [6.07, 6.45) is 4.76. The Hall–Kier alpha value is -1.07. The largest absolute Gasteiger partial charge is 0.398 e. The number of nitrogen functional groups attached to an aromatic ring is 1. The van der Waals surface area contributed by atoms with E-state index >= 15 is 0 Å². The van der Waals surface area contributed by atoms with Crippen molar-refractivity contribution >= 4 is 27.5 Å². The van der Waals surface area contributed by atoms with Gasteiger partial charge < -0.3 is 16.0 Å². The van der Waals surface area contributed by atoms with Crippen LogP contribution in [0.1, 0.15) is 36.0 Å². The number of halogens is 1. The minimum Gasteiger partial charge on any atom is -0.398 e. The molecule has 110 valence electrons. The normalized spacial score (nSPS) is 17.4. The maximum absolute atomic E-state index is 12.2. The van der Waals surface area contributed by atoms with Crippen LogP contribution in [-0.4, -0.2) is 37.0 Å². The molecular weight excluding hydrogens is 318 g/mol. The van der Waals surface area contributed by atoms with Crippen molar-refractivity contribution in [1.29, 1.82) is 0 Å². The molecule has 1 amide bonds. The van der Waals surface area contributed by atoms with Crippen molar-refractivity contribution in [2.24, 2.45) is 0 Å². The summed E-state index contributed by atoms with van der Waals surface area (Å²) in [4.78, 5) is 14.5. The van der Waals surface area contributed by atoms with E-state index in [1.165, 1.54) is 12.8 Å². The molecule has 4 nitrogen and oxygen atoms in total. The number of rotatable bonds is 4. The van der Waals surface area contributed by atoms with Gasteiger partial charge in [-0.25, -0.2) is 0 Å². The van der Waals surface area contributed by atoms with Gasteiger partial charge in [0.25, 0.3) is 5.91 Å². The molecule has 1 aromatic rings. The molecule has 0 aromatic heterocycles. The topological polar surface area (TPSA) is 58.4 Å². The number of amides is 1. The number of nitrogens with zero attached hydrogens (tertiary/aromatic N) is 1. The number of nitrogens with two attached hydrogens (primary N) is 1. The molecule has 1 fully saturated rings. The molecule has 1 aliphatic rings. The fourth-order valence-corrected chi connectivity index (χ4v) is 3.21. The number of anilines is 1. The zero-order chi connectivity index (χ0) is 14.8. The van der Waals surface area contributed by atoms with Crippen molar-refractivity contribution in [2.45, 2.75) is 31.2 Å². The van der Waals surface area contributed by atoms with Crippen molar-refractivity contribution in [3.05, 3.63) is 28.2 Å². The second-order valence-corrected chi connectivity index (χ2v) is 6.60. The molecule has 0 aliphatic heterocycles. The lowest BCUT2D eigenvalue weighted by atomic mass is 9.96. The lowest BCUT2D eigenvalue weighted by molar-refractivity contribution is 0.0900. The van der Waals surface area contributed by atoms with Gasteiger partial charge in [0.2, 0.25) is 0 Å². The fraction of sp³-hybridized carbons (Fsp3) is 0.533. The Balaban J connectivity index is 2.02. The van der Waals surface area contributed by atoms with Gasteiger partial charge in [-0.3, -0.25) is 4.79 Å². The Bertz CT molecular complexity index is 496. The number of hydrogen-bond acceptors (Lipinski definition) is 3. The molecule has 20 heavy (non-hydrogen) atoms. The summed E-state index contributed by atoms with van der Waals surface area (Å²) in [7, 11) is 4.19. The number of hydrogen-bond donors (Lipinski definition) is 2. The molecule has 0 atom stereocenters. The van der Waals surface area contributed by atoms with Gasteiger partial charge in [0.15, 0.2) is 0 Å². The number of carbonyl (C=O) groups is 1. The van der Waals surface area contributed by atoms with Gasteiger partial charge in [-0.15, -0.1) is 0 Å². The van der Waals surface area contributed by atoms with E-state index in [4.69, 9.17) is 5.73 Å². The molecule has 3 N–H and O–H groups in total. The lowest BCUT2D eigenvalue weighted by Crippen LogP contribution is -2.50. The van der Waals surface area contributed by atoms with Gasteiger partial charge in [0.1, 0.15) is 0 Å². The number of benzene rings is 1. The van der Waals surface area contributed by atoms with Crippen LogP contribution in [-0.2, 0) is 0 Å². The third-order valence-corrected chi connectivity index (χ3v) is 5.01. The molecule has 1 aliphatic carbocycles. The van der Waals surface area contributed by atoms with E-state index in [1.807, 2.05) is 0 Å². The Kier molecular flexibility index (Phi) is 4.70. The van der Waals surface area contributed by atoms with E-state index in [-0.39, 0.29) is 11.4 Å². The molecule has 1 aromatic carbocycles. The maximum Gasteiger partial charge on any atom is 0.251 e. The monoisotopic (exact) mass is 339 g/mol. The van der Waals surface area contributed by atoms with Crippen LogP contribution < -0.4 is 11.1 Å². The zero-order valence-corrected chi connectivity index (χ0v) is 13.7. The van der Waals surface area contributed by atoms with Gasteiger partial charge >= 0.3 is 0 Å². The van der Waals surface area contributed by atoms with E-state index in [0.29, 0.717) is 17.8 Å². The van der Waals surface area contributed by atoms with Crippen LogP contribution >= 0.6 is 15.9 Å². The van der Waals surface area contributed by atoms with Crippen LogP contribution in [0.4, 0.5) is 5.69 Å². The first-order valence-electron chi connectivity index (χ1n) is 6.95. The lowest BCUT2D eigenvalue weighted by Gasteiger charge is -2.36. The fourth-order valence-electron chi connectivity index (χ4n) is 2.83. The highest BCUT2D eigenvalue weighted by molar-refractivity contribution is 9.10. The first-order chi connectivity index (χ1) is 9.44. The van der Waals surface area contributed by atoms with Crippen LogP contribution in [0.5, 0.6) is 0 Å². The number of nitrogens with one attached hydrogen (secondary N) is 1. The molecule has 0 heterocycles. The van der Waals surface area contributed by atoms with Crippen molar-refractivity contribution in [2.75, 3.05) is 26.4 Å². The van der Waals surface area contributed by atoms with Crippen LogP contribution in [0, 0.1) is 0 Å². The smallest absolute Gasteiger partial charge is 0.251 e. The molecule has 0 unspecified atom stereocenters. The highest BCUT2D eigenvalue weighted by atomic mass is 79.9. The molecule has 5 heteroatoms. The molecule has 0 radical (unpaired) electrons. The first kappa shape index (κ1) is 15.3. The quantitative estimate of drug-likeness (QED) is 0.829. The van der Waals surface area contributed by atoms with Crippen molar-refractivity contribution < 1.29 is 4.79 Å². The minimum absolute atomic E-state index is 0.0428. The summed E-state index contributed by atoms with van der Waals surface area (Å²) >= 11 is 3.35. The molecule has 0 saturated heterocycles. The second-order valence-electron chi connectivity index (χ2n) is 5.74. The van der Waals surface area contributed by atoms with E-state index in [9.17, 15) is 4.79 Å². The third kappa shape index (κ3) is 3.15. The van der Waals surface area contributed by atoms with Crippen LogP contribution in [0.2, 0.25) is 0 Å². The average Bonchev–Trinajstić information content (AvgIpc) is 2.89. The summed E-state index contributed by atoms with van der Waals surface area (Å²) in [5.74, 6) is -0.0428. The van der Waals surface area contributed by atoms with Gasteiger partial charge in [-0.1, -0.05) is 12.8 Å². The van der Waals surface area contributed by atoms with E-state index in [2.05, 4.69) is 40.2 Å². The molecule has 0 spiro atoms. The van der Waals surface area contributed by atoms with Crippen molar-refractivity contribution in [1.82, 2.24) is 10.2 Å². The van der Waals surface area contributed by atoms with E-state index < -0.39 is 0 Å². The highest BCUT2D eigenvalue weighted by Gasteiger charge is 2.36. The Morgan fingerprint density at radius 1 is 1.40 bits per heavy atom. The Labute approximate surface area is 128 Å². The zero-order valence-electron chi connectivity index (χ0n) is 12.1. The summed E-state index contributed by atoms with van der Waals surface area (Å²) < 4.78 is 0.758. The van der Waals surface area contributed by atoms with Crippen LogP contribution in [0.3, 0.4) is 0 Å². The maximum atomic E-state index is 12.2.